The van der Waals surface area contributed by atoms with Crippen LogP contribution in [0.1, 0.15) is 5.56 Å². The molecule has 0 aliphatic heterocycles. The smallest absolute Gasteiger partial charge is 0.383 e. The van der Waals surface area contributed by atoms with Gasteiger partial charge in [0.05, 0.1) is 0 Å². The third-order valence-electron chi connectivity index (χ3n) is 2.21. The summed E-state index contributed by atoms with van der Waals surface area (Å²) in [6, 6.07) is 5.86. The van der Waals surface area contributed by atoms with E-state index in [1.807, 2.05) is 0 Å². The van der Waals surface area contributed by atoms with Crippen molar-refractivity contribution in [1.82, 2.24) is 5.32 Å². The first-order valence-corrected chi connectivity index (χ1v) is 5.06. The summed E-state index contributed by atoms with van der Waals surface area (Å²) in [5, 5.41) is 10.7. The molecule has 7 heteroatoms. The van der Waals surface area contributed by atoms with Crippen molar-refractivity contribution in [3.8, 4) is 5.75 Å². The van der Waals surface area contributed by atoms with Crippen molar-refractivity contribution in [3.63, 3.8) is 0 Å². The van der Waals surface area contributed by atoms with Gasteiger partial charge in [-0.2, -0.15) is 8.78 Å². The van der Waals surface area contributed by atoms with Gasteiger partial charge < -0.3 is 10.4 Å². The highest BCUT2D eigenvalue weighted by atomic mass is 19.3. The van der Waals surface area contributed by atoms with Gasteiger partial charge in [0.15, 0.2) is 0 Å². The number of rotatable bonds is 5. The molecule has 1 aromatic carbocycles. The molecule has 100 valence electrons. The van der Waals surface area contributed by atoms with Crippen molar-refractivity contribution in [2.24, 2.45) is 0 Å². The molecule has 18 heavy (non-hydrogen) atoms. The van der Waals surface area contributed by atoms with Gasteiger partial charge >= 0.3 is 12.3 Å². The number of carbonyl (C=O) groups is 1. The van der Waals surface area contributed by atoms with Crippen molar-refractivity contribution in [3.05, 3.63) is 29.8 Å². The van der Waals surface area contributed by atoms with Gasteiger partial charge in [-0.05, 0) is 24.1 Å². The summed E-state index contributed by atoms with van der Waals surface area (Å²) in [6.45, 7) is -0.189. The van der Waals surface area contributed by atoms with Gasteiger partial charge in [0.2, 0.25) is 0 Å². The number of benzene rings is 1. The predicted molar refractivity (Wildman–Crippen MR) is 55.8 cm³/mol. The molecule has 3 nitrogen and oxygen atoms in total. The second-order valence-electron chi connectivity index (χ2n) is 3.60. The molecule has 0 unspecified atom stereocenters. The van der Waals surface area contributed by atoms with Crippen LogP contribution in [0.3, 0.4) is 0 Å². The van der Waals surface area contributed by atoms with E-state index in [4.69, 9.17) is 5.11 Å². The second-order valence-corrected chi connectivity index (χ2v) is 3.60. The van der Waals surface area contributed by atoms with E-state index in [0.29, 0.717) is 5.56 Å². The molecule has 0 fully saturated rings. The zero-order valence-corrected chi connectivity index (χ0v) is 9.17. The Labute approximate surface area is 100 Å². The van der Waals surface area contributed by atoms with Crippen LogP contribution in [-0.4, -0.2) is 29.9 Å². The lowest BCUT2D eigenvalue weighted by Crippen LogP contribution is -2.45. The Morgan fingerprint density at radius 2 is 1.83 bits per heavy atom. The highest BCUT2D eigenvalue weighted by Crippen LogP contribution is 2.22. The molecule has 0 atom stereocenters. The van der Waals surface area contributed by atoms with Gasteiger partial charge in [-0.1, -0.05) is 12.1 Å². The van der Waals surface area contributed by atoms with Crippen LogP contribution in [-0.2, 0) is 11.2 Å². The first-order valence-electron chi connectivity index (χ1n) is 5.06. The normalized spacial score (nSPS) is 11.6. The first-order chi connectivity index (χ1) is 8.34. The van der Waals surface area contributed by atoms with Gasteiger partial charge in [0, 0.05) is 6.54 Å². The zero-order valence-electron chi connectivity index (χ0n) is 9.17. The standard InChI is InChI=1S/C11H11F4NO2/c12-9(13)11(14,15)10(18)16-6-5-7-1-3-8(17)4-2-7/h1-4,9,17H,5-6H2,(H,16,18). The third kappa shape index (κ3) is 3.61. The van der Waals surface area contributed by atoms with E-state index in [-0.39, 0.29) is 18.7 Å². The monoisotopic (exact) mass is 265 g/mol. The van der Waals surface area contributed by atoms with Crippen molar-refractivity contribution in [2.75, 3.05) is 6.54 Å². The average Bonchev–Trinajstić information content (AvgIpc) is 2.31. The fourth-order valence-electron chi connectivity index (χ4n) is 1.20. The number of hydrogen-bond acceptors (Lipinski definition) is 2. The maximum atomic E-state index is 12.5. The van der Waals surface area contributed by atoms with E-state index in [1.54, 1.807) is 5.32 Å². The van der Waals surface area contributed by atoms with E-state index < -0.39 is 18.3 Å². The van der Waals surface area contributed by atoms with Gasteiger partial charge in [0.1, 0.15) is 5.75 Å². The maximum Gasteiger partial charge on any atom is 0.383 e. The lowest BCUT2D eigenvalue weighted by Gasteiger charge is -2.14. The number of alkyl halides is 4. The molecule has 2 N–H and O–H groups in total. The lowest BCUT2D eigenvalue weighted by molar-refractivity contribution is -0.169. The molecule has 0 saturated heterocycles. The Morgan fingerprint density at radius 1 is 1.28 bits per heavy atom. The number of phenols is 1. The Kier molecular flexibility index (Phi) is 4.52. The Morgan fingerprint density at radius 3 is 2.33 bits per heavy atom. The van der Waals surface area contributed by atoms with Crippen LogP contribution in [0.15, 0.2) is 24.3 Å². The van der Waals surface area contributed by atoms with Crippen molar-refractivity contribution >= 4 is 5.91 Å². The lowest BCUT2D eigenvalue weighted by atomic mass is 10.1. The molecule has 1 rings (SSSR count). The number of halogens is 4. The molecule has 0 aromatic heterocycles. The molecule has 1 amide bonds. The number of phenolic OH excluding ortho intramolecular Hbond substituents is 1. The Balaban J connectivity index is 2.43. The van der Waals surface area contributed by atoms with Crippen LogP contribution in [0, 0.1) is 0 Å². The quantitative estimate of drug-likeness (QED) is 0.799. The van der Waals surface area contributed by atoms with Gasteiger partial charge in [-0.25, -0.2) is 8.78 Å². The molecule has 0 heterocycles. The fourth-order valence-corrected chi connectivity index (χ4v) is 1.20. The number of hydrogen-bond donors (Lipinski definition) is 2. The number of aromatic hydroxyl groups is 1. The largest absolute Gasteiger partial charge is 0.508 e. The molecule has 0 spiro atoms. The number of carbonyl (C=O) groups excluding carboxylic acids is 1. The van der Waals surface area contributed by atoms with Crippen LogP contribution in [0.5, 0.6) is 5.75 Å². The van der Waals surface area contributed by atoms with Crippen molar-refractivity contribution in [2.45, 2.75) is 18.8 Å². The molecule has 0 aliphatic rings. The summed E-state index contributed by atoms with van der Waals surface area (Å²) < 4.78 is 48.7. The first kappa shape index (κ1) is 14.3. The van der Waals surface area contributed by atoms with E-state index in [0.717, 1.165) is 0 Å². The highest BCUT2D eigenvalue weighted by molar-refractivity contribution is 5.83. The van der Waals surface area contributed by atoms with Crippen LogP contribution in [0.4, 0.5) is 17.6 Å². The second kappa shape index (κ2) is 5.70. The predicted octanol–water partition coefficient (Wildman–Crippen LogP) is 1.95. The molecule has 0 aliphatic carbocycles. The summed E-state index contributed by atoms with van der Waals surface area (Å²) in [5.74, 6) is -6.61. The summed E-state index contributed by atoms with van der Waals surface area (Å²) in [6.07, 6.45) is -3.82. The van der Waals surface area contributed by atoms with Crippen LogP contribution in [0.2, 0.25) is 0 Å². The van der Waals surface area contributed by atoms with Crippen molar-refractivity contribution < 1.29 is 27.5 Å². The number of amides is 1. The zero-order chi connectivity index (χ0) is 13.8. The molecule has 0 radical (unpaired) electrons. The van der Waals surface area contributed by atoms with Crippen LogP contribution >= 0.6 is 0 Å². The molecular formula is C11H11F4NO2. The molecule has 1 aromatic rings. The molecular weight excluding hydrogens is 254 g/mol. The van der Waals surface area contributed by atoms with Crippen LogP contribution < -0.4 is 5.32 Å². The molecule has 0 bridgehead atoms. The van der Waals surface area contributed by atoms with Gasteiger partial charge in [0.25, 0.3) is 5.91 Å². The summed E-state index contributed by atoms with van der Waals surface area (Å²) in [5.41, 5.74) is 0.675. The summed E-state index contributed by atoms with van der Waals surface area (Å²) in [7, 11) is 0. The topological polar surface area (TPSA) is 49.3 Å². The minimum absolute atomic E-state index is 0.0482. The SMILES string of the molecule is O=C(NCCc1ccc(O)cc1)C(F)(F)C(F)F. The van der Waals surface area contributed by atoms with E-state index in [9.17, 15) is 22.4 Å². The summed E-state index contributed by atoms with van der Waals surface area (Å²) in [4.78, 5) is 10.8. The number of nitrogens with one attached hydrogen (secondary N) is 1. The summed E-state index contributed by atoms with van der Waals surface area (Å²) >= 11 is 0. The van der Waals surface area contributed by atoms with Crippen molar-refractivity contribution in [1.29, 1.82) is 0 Å². The van der Waals surface area contributed by atoms with E-state index >= 15 is 0 Å². The van der Waals surface area contributed by atoms with E-state index in [1.165, 1.54) is 24.3 Å². The Bertz CT molecular complexity index is 406. The fraction of sp³-hybridized carbons (Fsp3) is 0.364. The highest BCUT2D eigenvalue weighted by Gasteiger charge is 2.48. The third-order valence-corrected chi connectivity index (χ3v) is 2.21. The Hall–Kier alpha value is -1.79. The maximum absolute atomic E-state index is 12.5. The van der Waals surface area contributed by atoms with Gasteiger partial charge in [-0.15, -0.1) is 0 Å². The minimum atomic E-state index is -4.67. The van der Waals surface area contributed by atoms with E-state index in [2.05, 4.69) is 0 Å². The average molecular weight is 265 g/mol. The minimum Gasteiger partial charge on any atom is -0.508 e. The molecule has 0 saturated carbocycles. The van der Waals surface area contributed by atoms with Gasteiger partial charge in [-0.3, -0.25) is 4.79 Å². The van der Waals surface area contributed by atoms with Crippen LogP contribution in [0.25, 0.3) is 0 Å².